The third-order valence-corrected chi connectivity index (χ3v) is 3.34. The Bertz CT molecular complexity index is 567. The number of ether oxygens (including phenoxy) is 1. The van der Waals surface area contributed by atoms with Gasteiger partial charge in [0.05, 0.1) is 10.6 Å². The molecular formula is C16H18BrNO2. The van der Waals surface area contributed by atoms with E-state index in [4.69, 9.17) is 4.74 Å². The van der Waals surface area contributed by atoms with Crippen LogP contribution in [0.2, 0.25) is 0 Å². The third-order valence-electron chi connectivity index (χ3n) is 2.72. The van der Waals surface area contributed by atoms with Gasteiger partial charge in [-0.05, 0) is 71.7 Å². The number of aromatic hydroxyl groups is 1. The highest BCUT2D eigenvalue weighted by Gasteiger charge is 2.04. The van der Waals surface area contributed by atoms with E-state index in [1.54, 1.807) is 12.1 Å². The first-order valence-corrected chi connectivity index (χ1v) is 7.32. The monoisotopic (exact) mass is 335 g/mol. The van der Waals surface area contributed by atoms with Gasteiger partial charge in [-0.2, -0.15) is 0 Å². The summed E-state index contributed by atoms with van der Waals surface area (Å²) in [5.41, 5.74) is 2.13. The van der Waals surface area contributed by atoms with E-state index in [-0.39, 0.29) is 11.9 Å². The van der Waals surface area contributed by atoms with Crippen molar-refractivity contribution in [1.82, 2.24) is 0 Å². The predicted molar refractivity (Wildman–Crippen MR) is 85.3 cm³/mol. The molecule has 20 heavy (non-hydrogen) atoms. The van der Waals surface area contributed by atoms with Gasteiger partial charge in [0, 0.05) is 12.2 Å². The summed E-state index contributed by atoms with van der Waals surface area (Å²) < 4.78 is 6.64. The molecule has 0 atom stereocenters. The fraction of sp³-hybridized carbons (Fsp3) is 0.250. The molecule has 4 heteroatoms. The molecule has 0 unspecified atom stereocenters. The largest absolute Gasteiger partial charge is 0.508 e. The molecule has 2 rings (SSSR count). The second kappa shape index (κ2) is 6.66. The Morgan fingerprint density at radius 1 is 1.15 bits per heavy atom. The normalized spacial score (nSPS) is 10.6. The highest BCUT2D eigenvalue weighted by atomic mass is 79.9. The molecule has 0 bridgehead atoms. The minimum absolute atomic E-state index is 0.160. The second-order valence-corrected chi connectivity index (χ2v) is 5.69. The van der Waals surface area contributed by atoms with Crippen molar-refractivity contribution >= 4 is 21.6 Å². The molecule has 0 heterocycles. The van der Waals surface area contributed by atoms with Crippen molar-refractivity contribution in [2.45, 2.75) is 26.5 Å². The zero-order valence-corrected chi connectivity index (χ0v) is 13.1. The topological polar surface area (TPSA) is 41.5 Å². The zero-order chi connectivity index (χ0) is 14.5. The number of hydrogen-bond donors (Lipinski definition) is 2. The summed E-state index contributed by atoms with van der Waals surface area (Å²) in [6, 6.07) is 13.1. The van der Waals surface area contributed by atoms with Gasteiger partial charge in [0.15, 0.2) is 0 Å². The van der Waals surface area contributed by atoms with Gasteiger partial charge in [-0.3, -0.25) is 0 Å². The predicted octanol–water partition coefficient (Wildman–Crippen LogP) is 4.55. The van der Waals surface area contributed by atoms with Crippen molar-refractivity contribution < 1.29 is 9.84 Å². The summed E-state index contributed by atoms with van der Waals surface area (Å²) in [5.74, 6) is 1.13. The molecule has 0 saturated heterocycles. The van der Waals surface area contributed by atoms with Crippen molar-refractivity contribution in [2.24, 2.45) is 0 Å². The molecule has 2 aromatic rings. The van der Waals surface area contributed by atoms with Gasteiger partial charge in [-0.1, -0.05) is 6.07 Å². The second-order valence-electron chi connectivity index (χ2n) is 4.83. The molecule has 0 spiro atoms. The third kappa shape index (κ3) is 4.17. The van der Waals surface area contributed by atoms with Crippen LogP contribution in [0.15, 0.2) is 46.9 Å². The summed E-state index contributed by atoms with van der Waals surface area (Å²) in [6.07, 6.45) is 0.160. The van der Waals surface area contributed by atoms with Crippen LogP contribution in [0, 0.1) is 0 Å². The average Bonchev–Trinajstić information content (AvgIpc) is 2.40. The van der Waals surface area contributed by atoms with Crippen LogP contribution < -0.4 is 10.1 Å². The van der Waals surface area contributed by atoms with Gasteiger partial charge >= 0.3 is 0 Å². The van der Waals surface area contributed by atoms with Gasteiger partial charge in [0.2, 0.25) is 0 Å². The van der Waals surface area contributed by atoms with Gasteiger partial charge in [0.25, 0.3) is 0 Å². The lowest BCUT2D eigenvalue weighted by molar-refractivity contribution is 0.241. The molecule has 3 nitrogen and oxygen atoms in total. The van der Waals surface area contributed by atoms with E-state index in [0.29, 0.717) is 6.54 Å². The van der Waals surface area contributed by atoms with E-state index in [1.807, 2.05) is 44.2 Å². The van der Waals surface area contributed by atoms with Gasteiger partial charge in [0.1, 0.15) is 11.5 Å². The lowest BCUT2D eigenvalue weighted by atomic mass is 10.2. The molecule has 2 aromatic carbocycles. The first-order chi connectivity index (χ1) is 9.54. The SMILES string of the molecule is CC(C)Oc1ccc(CNc2ccc(O)cc2)cc1Br. The van der Waals surface area contributed by atoms with Crippen LogP contribution >= 0.6 is 15.9 Å². The quantitative estimate of drug-likeness (QED) is 0.787. The Morgan fingerprint density at radius 2 is 1.85 bits per heavy atom. The number of nitrogens with one attached hydrogen (secondary N) is 1. The molecule has 0 aliphatic rings. The number of phenols is 1. The van der Waals surface area contributed by atoms with Crippen molar-refractivity contribution in [3.05, 3.63) is 52.5 Å². The first-order valence-electron chi connectivity index (χ1n) is 6.52. The number of rotatable bonds is 5. The van der Waals surface area contributed by atoms with E-state index in [2.05, 4.69) is 21.2 Å². The summed E-state index contributed by atoms with van der Waals surface area (Å²) in [5, 5.41) is 12.5. The maximum absolute atomic E-state index is 9.23. The van der Waals surface area contributed by atoms with Crippen molar-refractivity contribution in [2.75, 3.05) is 5.32 Å². The molecule has 106 valence electrons. The highest BCUT2D eigenvalue weighted by molar-refractivity contribution is 9.10. The molecular weight excluding hydrogens is 318 g/mol. The first kappa shape index (κ1) is 14.7. The average molecular weight is 336 g/mol. The van der Waals surface area contributed by atoms with Crippen molar-refractivity contribution in [1.29, 1.82) is 0 Å². The summed E-state index contributed by atoms with van der Waals surface area (Å²) in [6.45, 7) is 4.73. The van der Waals surface area contributed by atoms with E-state index in [9.17, 15) is 5.11 Å². The standard InChI is InChI=1S/C16H18BrNO2/c1-11(2)20-16-8-3-12(9-15(16)17)10-18-13-4-6-14(19)7-5-13/h3-9,11,18-19H,10H2,1-2H3. The Balaban J connectivity index is 1.99. The molecule has 2 N–H and O–H groups in total. The smallest absolute Gasteiger partial charge is 0.133 e. The number of hydrogen-bond acceptors (Lipinski definition) is 3. The van der Waals surface area contributed by atoms with E-state index < -0.39 is 0 Å². The van der Waals surface area contributed by atoms with Crippen LogP contribution in [0.4, 0.5) is 5.69 Å². The Hall–Kier alpha value is -1.68. The molecule has 0 fully saturated rings. The molecule has 0 aliphatic heterocycles. The fourth-order valence-corrected chi connectivity index (χ4v) is 2.31. The maximum atomic E-state index is 9.23. The molecule has 0 saturated carbocycles. The van der Waals surface area contributed by atoms with E-state index in [0.717, 1.165) is 21.5 Å². The van der Waals surface area contributed by atoms with Crippen molar-refractivity contribution in [3.63, 3.8) is 0 Å². The number of phenolic OH excluding ortho intramolecular Hbond substituents is 1. The van der Waals surface area contributed by atoms with Crippen molar-refractivity contribution in [3.8, 4) is 11.5 Å². The maximum Gasteiger partial charge on any atom is 0.133 e. The van der Waals surface area contributed by atoms with Gasteiger partial charge in [-0.15, -0.1) is 0 Å². The minimum atomic E-state index is 0.160. The Kier molecular flexibility index (Phi) is 4.90. The molecule has 0 radical (unpaired) electrons. The van der Waals surface area contributed by atoms with Crippen LogP contribution in [0.5, 0.6) is 11.5 Å². The van der Waals surface area contributed by atoms with E-state index >= 15 is 0 Å². The van der Waals surface area contributed by atoms with Crippen LogP contribution in [0.1, 0.15) is 19.4 Å². The summed E-state index contributed by atoms with van der Waals surface area (Å²) >= 11 is 3.53. The van der Waals surface area contributed by atoms with Gasteiger partial charge in [-0.25, -0.2) is 0 Å². The Labute approximate surface area is 127 Å². The Morgan fingerprint density at radius 3 is 2.45 bits per heavy atom. The lowest BCUT2D eigenvalue weighted by Crippen LogP contribution is -2.06. The summed E-state index contributed by atoms with van der Waals surface area (Å²) in [4.78, 5) is 0. The minimum Gasteiger partial charge on any atom is -0.508 e. The van der Waals surface area contributed by atoms with Crippen LogP contribution in [-0.2, 0) is 6.54 Å². The molecule has 0 aliphatic carbocycles. The fourth-order valence-electron chi connectivity index (χ4n) is 1.79. The van der Waals surface area contributed by atoms with Gasteiger partial charge < -0.3 is 15.2 Å². The molecule has 0 aromatic heterocycles. The van der Waals surface area contributed by atoms with Crippen LogP contribution in [-0.4, -0.2) is 11.2 Å². The number of halogens is 1. The van der Waals surface area contributed by atoms with Crippen LogP contribution in [0.25, 0.3) is 0 Å². The lowest BCUT2D eigenvalue weighted by Gasteiger charge is -2.13. The van der Waals surface area contributed by atoms with Crippen LogP contribution in [0.3, 0.4) is 0 Å². The molecule has 0 amide bonds. The summed E-state index contributed by atoms with van der Waals surface area (Å²) in [7, 11) is 0. The number of anilines is 1. The van der Waals surface area contributed by atoms with E-state index in [1.165, 1.54) is 0 Å². The number of benzene rings is 2. The highest BCUT2D eigenvalue weighted by Crippen LogP contribution is 2.27. The zero-order valence-electron chi connectivity index (χ0n) is 11.6.